The number of hydrogen-bond donors (Lipinski definition) is 0. The van der Waals surface area contributed by atoms with Crippen LogP contribution in [-0.2, 0) is 16.1 Å². The molecule has 1 aromatic carbocycles. The van der Waals surface area contributed by atoms with Crippen LogP contribution in [0.3, 0.4) is 0 Å². The summed E-state index contributed by atoms with van der Waals surface area (Å²) in [6.07, 6.45) is 2.27. The summed E-state index contributed by atoms with van der Waals surface area (Å²) in [5.41, 5.74) is 0.578. The van der Waals surface area contributed by atoms with Crippen LogP contribution in [0.25, 0.3) is 16.7 Å². The number of esters is 1. The zero-order valence-electron chi connectivity index (χ0n) is 20.5. The molecule has 1 atom stereocenters. The van der Waals surface area contributed by atoms with Crippen molar-refractivity contribution in [2.45, 2.75) is 46.3 Å². The van der Waals surface area contributed by atoms with Crippen molar-refractivity contribution >= 4 is 28.6 Å². The molecule has 0 aliphatic carbocycles. The third kappa shape index (κ3) is 5.05. The normalized spacial score (nSPS) is 12.6. The van der Waals surface area contributed by atoms with E-state index in [0.29, 0.717) is 30.0 Å². The van der Waals surface area contributed by atoms with Crippen molar-refractivity contribution in [3.63, 3.8) is 0 Å². The fraction of sp³-hybridized carbons (Fsp3) is 0.296. The zero-order chi connectivity index (χ0) is 25.7. The summed E-state index contributed by atoms with van der Waals surface area (Å²) in [7, 11) is 0. The smallest absolute Gasteiger partial charge is 0.341 e. The predicted octanol–water partition coefficient (Wildman–Crippen LogP) is 3.52. The number of aromatic nitrogens is 3. The monoisotopic (exact) mass is 488 g/mol. The first-order chi connectivity index (χ1) is 17.4. The van der Waals surface area contributed by atoms with Crippen molar-refractivity contribution in [2.75, 3.05) is 6.61 Å². The summed E-state index contributed by atoms with van der Waals surface area (Å²) < 4.78 is 14.1. The molecular formula is C27H28N4O5. The number of para-hydroxylation sites is 1. The van der Waals surface area contributed by atoms with E-state index >= 15 is 0 Å². The summed E-state index contributed by atoms with van der Waals surface area (Å²) >= 11 is 0. The number of rotatable bonds is 8. The van der Waals surface area contributed by atoms with E-state index in [1.807, 2.05) is 13.0 Å². The van der Waals surface area contributed by atoms with E-state index in [1.165, 1.54) is 10.5 Å². The lowest BCUT2D eigenvalue weighted by molar-refractivity contribution is -0.124. The second kappa shape index (κ2) is 11.0. The van der Waals surface area contributed by atoms with E-state index in [4.69, 9.17) is 9.47 Å². The summed E-state index contributed by atoms with van der Waals surface area (Å²) in [6.45, 7) is 5.83. The van der Waals surface area contributed by atoms with E-state index in [0.717, 1.165) is 6.42 Å². The third-order valence-electron chi connectivity index (χ3n) is 5.64. The van der Waals surface area contributed by atoms with Gasteiger partial charge in [-0.25, -0.2) is 9.78 Å². The molecule has 0 saturated carbocycles. The summed E-state index contributed by atoms with van der Waals surface area (Å²) in [5, 5.41) is 0.234. The van der Waals surface area contributed by atoms with Crippen LogP contribution >= 0.6 is 0 Å². The fourth-order valence-corrected chi connectivity index (χ4v) is 3.83. The molecule has 1 amide bonds. The standard InChI is InChI=1S/C27H28N4O5/c1-4-6-15-31-23-20(26(33)30-16-11-10-14-22(30)28-23)17-21(27(34)35-5-2)24(31)29-25(32)18(3)36-19-12-8-7-9-13-19/h7-14,16-18H,4-6,15H2,1-3H3/t18-/m1/s1. The van der Waals surface area contributed by atoms with Crippen molar-refractivity contribution in [1.29, 1.82) is 0 Å². The van der Waals surface area contributed by atoms with Crippen LogP contribution in [0.2, 0.25) is 0 Å². The lowest BCUT2D eigenvalue weighted by Crippen LogP contribution is -2.34. The molecule has 0 bridgehead atoms. The minimum Gasteiger partial charge on any atom is -0.481 e. The molecule has 0 radical (unpaired) electrons. The van der Waals surface area contributed by atoms with Gasteiger partial charge in [0.25, 0.3) is 11.5 Å². The molecule has 3 aromatic heterocycles. The molecule has 36 heavy (non-hydrogen) atoms. The highest BCUT2D eigenvalue weighted by molar-refractivity contribution is 5.94. The first kappa shape index (κ1) is 24.8. The molecule has 0 unspecified atom stereocenters. The number of carbonyl (C=O) groups excluding carboxylic acids is 2. The third-order valence-corrected chi connectivity index (χ3v) is 5.64. The molecule has 186 valence electrons. The number of unbranched alkanes of at least 4 members (excludes halogenated alkanes) is 1. The van der Waals surface area contributed by atoms with E-state index < -0.39 is 18.0 Å². The van der Waals surface area contributed by atoms with Crippen LogP contribution in [-0.4, -0.2) is 38.5 Å². The number of carbonyl (C=O) groups is 2. The number of fused-ring (bicyclic) bond motifs is 2. The molecule has 0 aliphatic rings. The number of aryl methyl sites for hydroxylation is 1. The topological polar surface area (TPSA) is 104 Å². The number of pyridine rings is 2. The molecule has 0 fully saturated rings. The fourth-order valence-electron chi connectivity index (χ4n) is 3.83. The Morgan fingerprint density at radius 2 is 1.83 bits per heavy atom. The maximum Gasteiger partial charge on any atom is 0.341 e. The van der Waals surface area contributed by atoms with Crippen LogP contribution in [0, 0.1) is 0 Å². The molecule has 0 aliphatic heterocycles. The van der Waals surface area contributed by atoms with Gasteiger partial charge in [-0.2, -0.15) is 4.99 Å². The van der Waals surface area contributed by atoms with Gasteiger partial charge >= 0.3 is 5.97 Å². The average Bonchev–Trinajstić information content (AvgIpc) is 2.88. The average molecular weight is 489 g/mol. The summed E-state index contributed by atoms with van der Waals surface area (Å²) in [4.78, 5) is 48.5. The van der Waals surface area contributed by atoms with Crippen molar-refractivity contribution in [1.82, 2.24) is 14.0 Å². The predicted molar refractivity (Wildman–Crippen MR) is 135 cm³/mol. The van der Waals surface area contributed by atoms with E-state index in [-0.39, 0.29) is 28.6 Å². The van der Waals surface area contributed by atoms with Gasteiger partial charge in [0.05, 0.1) is 12.0 Å². The zero-order valence-corrected chi connectivity index (χ0v) is 20.5. The first-order valence-corrected chi connectivity index (χ1v) is 12.0. The molecule has 9 heteroatoms. The minimum atomic E-state index is -0.909. The van der Waals surface area contributed by atoms with Gasteiger partial charge in [-0.05, 0) is 50.6 Å². The Labute approximate surface area is 207 Å². The Kier molecular flexibility index (Phi) is 7.58. The number of amides is 1. The van der Waals surface area contributed by atoms with Crippen molar-refractivity contribution < 1.29 is 19.1 Å². The highest BCUT2D eigenvalue weighted by Gasteiger charge is 2.21. The highest BCUT2D eigenvalue weighted by atomic mass is 16.5. The molecule has 0 spiro atoms. The van der Waals surface area contributed by atoms with Gasteiger partial charge in [0.2, 0.25) is 0 Å². The van der Waals surface area contributed by atoms with E-state index in [1.54, 1.807) is 67.1 Å². The molecule has 0 saturated heterocycles. The van der Waals surface area contributed by atoms with Crippen LogP contribution in [0.1, 0.15) is 44.0 Å². The molecule has 4 aromatic rings. The molecule has 3 heterocycles. The van der Waals surface area contributed by atoms with Gasteiger partial charge < -0.3 is 14.0 Å². The number of hydrogen-bond acceptors (Lipinski definition) is 6. The Morgan fingerprint density at radius 1 is 1.08 bits per heavy atom. The number of ether oxygens (including phenoxy) is 2. The second-order valence-electron chi connectivity index (χ2n) is 8.21. The summed E-state index contributed by atoms with van der Waals surface area (Å²) in [6, 6.07) is 15.6. The van der Waals surface area contributed by atoms with Crippen molar-refractivity contribution in [3.05, 3.63) is 82.2 Å². The molecule has 0 N–H and O–H groups in total. The SMILES string of the molecule is CCCCn1c(=NC(=O)[C@@H](C)Oc2ccccc2)c(C(=O)OCC)cc2c(=O)n3ccccc3nc21. The highest BCUT2D eigenvalue weighted by Crippen LogP contribution is 2.14. The van der Waals surface area contributed by atoms with Gasteiger partial charge in [0, 0.05) is 12.7 Å². The van der Waals surface area contributed by atoms with Gasteiger partial charge in [0.1, 0.15) is 22.6 Å². The first-order valence-electron chi connectivity index (χ1n) is 12.0. The van der Waals surface area contributed by atoms with Crippen LogP contribution in [0.4, 0.5) is 0 Å². The lowest BCUT2D eigenvalue weighted by atomic mass is 10.2. The van der Waals surface area contributed by atoms with Crippen LogP contribution in [0.5, 0.6) is 5.75 Å². The summed E-state index contributed by atoms with van der Waals surface area (Å²) in [5.74, 6) is -0.727. The van der Waals surface area contributed by atoms with Gasteiger partial charge in [-0.15, -0.1) is 0 Å². The quantitative estimate of drug-likeness (QED) is 0.278. The molecule has 4 rings (SSSR count). The maximum atomic E-state index is 13.3. The number of benzene rings is 1. The molecular weight excluding hydrogens is 460 g/mol. The minimum absolute atomic E-state index is 0.0236. The maximum absolute atomic E-state index is 13.3. The Morgan fingerprint density at radius 3 is 2.56 bits per heavy atom. The second-order valence-corrected chi connectivity index (χ2v) is 8.21. The molecule has 9 nitrogen and oxygen atoms in total. The van der Waals surface area contributed by atoms with Crippen molar-refractivity contribution in [3.8, 4) is 5.75 Å². The van der Waals surface area contributed by atoms with Crippen molar-refractivity contribution in [2.24, 2.45) is 4.99 Å². The van der Waals surface area contributed by atoms with Gasteiger partial charge in [-0.3, -0.25) is 14.0 Å². The van der Waals surface area contributed by atoms with Gasteiger partial charge in [0.15, 0.2) is 11.6 Å². The van der Waals surface area contributed by atoms with Crippen LogP contribution in [0.15, 0.2) is 70.6 Å². The van der Waals surface area contributed by atoms with E-state index in [9.17, 15) is 14.4 Å². The number of nitrogens with zero attached hydrogens (tertiary/aromatic N) is 4. The van der Waals surface area contributed by atoms with Gasteiger partial charge in [-0.1, -0.05) is 37.6 Å². The Hall–Kier alpha value is -4.27. The Bertz CT molecular complexity index is 1540. The van der Waals surface area contributed by atoms with E-state index in [2.05, 4.69) is 9.98 Å². The Balaban J connectivity index is 1.97. The largest absolute Gasteiger partial charge is 0.481 e. The van der Waals surface area contributed by atoms with Crippen LogP contribution < -0.4 is 15.8 Å². The lowest BCUT2D eigenvalue weighted by Gasteiger charge is -2.16.